The molecule has 0 bridgehead atoms. The first-order chi connectivity index (χ1) is 9.91. The zero-order valence-corrected chi connectivity index (χ0v) is 13.8. The van der Waals surface area contributed by atoms with Crippen LogP contribution in [0.25, 0.3) is 0 Å². The highest BCUT2D eigenvalue weighted by Crippen LogP contribution is 2.20. The third-order valence-corrected chi connectivity index (χ3v) is 3.90. The van der Waals surface area contributed by atoms with E-state index in [2.05, 4.69) is 19.2 Å². The topological polar surface area (TPSA) is 12.0 Å². The highest BCUT2D eigenvalue weighted by atomic mass is 19.1. The van der Waals surface area contributed by atoms with E-state index in [0.717, 1.165) is 18.9 Å². The number of hydrogen-bond donors (Lipinski definition) is 1. The van der Waals surface area contributed by atoms with Gasteiger partial charge >= 0.3 is 0 Å². The molecule has 1 aromatic rings. The normalized spacial score (nSPS) is 12.9. The van der Waals surface area contributed by atoms with Gasteiger partial charge in [0.1, 0.15) is 11.6 Å². The molecule has 0 radical (unpaired) electrons. The summed E-state index contributed by atoms with van der Waals surface area (Å²) in [6.45, 7) is 8.80. The van der Waals surface area contributed by atoms with Crippen LogP contribution in [0.5, 0.6) is 0 Å². The summed E-state index contributed by atoms with van der Waals surface area (Å²) in [4.78, 5) is 0. The maximum atomic E-state index is 13.8. The molecule has 0 aliphatic rings. The molecule has 1 nitrogen and oxygen atoms in total. The van der Waals surface area contributed by atoms with Gasteiger partial charge in [-0.2, -0.15) is 0 Å². The van der Waals surface area contributed by atoms with Crippen molar-refractivity contribution in [2.75, 3.05) is 6.54 Å². The van der Waals surface area contributed by atoms with E-state index in [1.165, 1.54) is 37.8 Å². The Morgan fingerprint density at radius 3 is 2.29 bits per heavy atom. The van der Waals surface area contributed by atoms with E-state index >= 15 is 0 Å². The summed E-state index contributed by atoms with van der Waals surface area (Å²) in [7, 11) is 0. The minimum absolute atomic E-state index is 0.157. The van der Waals surface area contributed by atoms with Crippen LogP contribution in [-0.4, -0.2) is 6.54 Å². The molecule has 1 aromatic carbocycles. The van der Waals surface area contributed by atoms with Gasteiger partial charge in [-0.05, 0) is 50.4 Å². The molecule has 0 saturated carbocycles. The summed E-state index contributed by atoms with van der Waals surface area (Å²) in [5, 5.41) is 3.28. The molecule has 0 amide bonds. The number of nitrogens with one attached hydrogen (secondary N) is 1. The number of rotatable bonds is 9. The summed E-state index contributed by atoms with van der Waals surface area (Å²) >= 11 is 0. The van der Waals surface area contributed by atoms with Crippen LogP contribution in [0.4, 0.5) is 8.78 Å². The molecule has 0 saturated heterocycles. The summed E-state index contributed by atoms with van der Waals surface area (Å²) in [6, 6.07) is 2.43. The number of aryl methyl sites for hydroxylation is 1. The predicted octanol–water partition coefficient (Wildman–Crippen LogP) is 5.53. The second-order valence-electron chi connectivity index (χ2n) is 6.40. The highest BCUT2D eigenvalue weighted by Gasteiger charge is 2.13. The lowest BCUT2D eigenvalue weighted by atomic mass is 10.0. The SMILES string of the molecule is Cc1cc(F)c(C(C)NCCCCCCC(C)C)cc1F. The Kier molecular flexibility index (Phi) is 7.87. The number of unbranched alkanes of at least 4 members (excludes halogenated alkanes) is 3. The quantitative estimate of drug-likeness (QED) is 0.591. The molecule has 0 spiro atoms. The number of halogens is 2. The Morgan fingerprint density at radius 2 is 1.62 bits per heavy atom. The third-order valence-electron chi connectivity index (χ3n) is 3.90. The largest absolute Gasteiger partial charge is 0.310 e. The molecule has 1 atom stereocenters. The standard InChI is InChI=1S/C18H29F2N/c1-13(2)9-7-5-6-8-10-21-15(4)16-12-17(19)14(3)11-18(16)20/h11-13,15,21H,5-10H2,1-4H3. The summed E-state index contributed by atoms with van der Waals surface area (Å²) in [5.41, 5.74) is 0.770. The molecule has 21 heavy (non-hydrogen) atoms. The molecule has 0 aliphatic carbocycles. The van der Waals surface area contributed by atoms with Crippen molar-refractivity contribution in [3.8, 4) is 0 Å². The Labute approximate surface area is 128 Å². The Hall–Kier alpha value is -0.960. The monoisotopic (exact) mass is 297 g/mol. The van der Waals surface area contributed by atoms with E-state index < -0.39 is 0 Å². The number of benzene rings is 1. The fourth-order valence-corrected chi connectivity index (χ4v) is 2.45. The molecule has 0 aliphatic heterocycles. The van der Waals surface area contributed by atoms with Gasteiger partial charge in [0.25, 0.3) is 0 Å². The zero-order chi connectivity index (χ0) is 15.8. The lowest BCUT2D eigenvalue weighted by Crippen LogP contribution is -2.21. The first kappa shape index (κ1) is 18.1. The molecule has 1 unspecified atom stereocenters. The Bertz CT molecular complexity index is 429. The van der Waals surface area contributed by atoms with Crippen LogP contribution in [0.1, 0.15) is 70.0 Å². The summed E-state index contributed by atoms with van der Waals surface area (Å²) in [6.07, 6.45) is 6.10. The van der Waals surface area contributed by atoms with Crippen LogP contribution in [0.15, 0.2) is 12.1 Å². The van der Waals surface area contributed by atoms with Crippen LogP contribution in [0.3, 0.4) is 0 Å². The van der Waals surface area contributed by atoms with Crippen LogP contribution < -0.4 is 5.32 Å². The van der Waals surface area contributed by atoms with Crippen LogP contribution >= 0.6 is 0 Å². The predicted molar refractivity (Wildman–Crippen MR) is 85.4 cm³/mol. The molecule has 0 fully saturated rings. The molecular formula is C18H29F2N. The Morgan fingerprint density at radius 1 is 0.952 bits per heavy atom. The van der Waals surface area contributed by atoms with Crippen molar-refractivity contribution >= 4 is 0 Å². The van der Waals surface area contributed by atoms with E-state index in [0.29, 0.717) is 11.1 Å². The van der Waals surface area contributed by atoms with Crippen molar-refractivity contribution in [2.45, 2.75) is 65.8 Å². The maximum absolute atomic E-state index is 13.8. The van der Waals surface area contributed by atoms with Crippen molar-refractivity contribution in [1.29, 1.82) is 0 Å². The lowest BCUT2D eigenvalue weighted by Gasteiger charge is -2.16. The van der Waals surface area contributed by atoms with Crippen molar-refractivity contribution in [1.82, 2.24) is 5.32 Å². The molecule has 0 aromatic heterocycles. The van der Waals surface area contributed by atoms with Gasteiger partial charge in [0, 0.05) is 11.6 Å². The molecule has 120 valence electrons. The lowest BCUT2D eigenvalue weighted by molar-refractivity contribution is 0.486. The van der Waals surface area contributed by atoms with Crippen molar-refractivity contribution in [3.05, 3.63) is 34.9 Å². The molecular weight excluding hydrogens is 268 g/mol. The smallest absolute Gasteiger partial charge is 0.128 e. The zero-order valence-electron chi connectivity index (χ0n) is 13.8. The molecule has 3 heteroatoms. The van der Waals surface area contributed by atoms with Gasteiger partial charge in [0.2, 0.25) is 0 Å². The first-order valence-corrected chi connectivity index (χ1v) is 8.10. The van der Waals surface area contributed by atoms with E-state index in [9.17, 15) is 8.78 Å². The second-order valence-corrected chi connectivity index (χ2v) is 6.40. The average molecular weight is 297 g/mol. The van der Waals surface area contributed by atoms with Gasteiger partial charge in [0.05, 0.1) is 0 Å². The van der Waals surface area contributed by atoms with Gasteiger partial charge < -0.3 is 5.32 Å². The maximum Gasteiger partial charge on any atom is 0.128 e. The highest BCUT2D eigenvalue weighted by molar-refractivity contribution is 5.27. The minimum atomic E-state index is -0.339. The van der Waals surface area contributed by atoms with Crippen LogP contribution in [0.2, 0.25) is 0 Å². The second kappa shape index (κ2) is 9.14. The van der Waals surface area contributed by atoms with Crippen LogP contribution in [-0.2, 0) is 0 Å². The summed E-state index contributed by atoms with van der Waals surface area (Å²) < 4.78 is 27.3. The van der Waals surface area contributed by atoms with Gasteiger partial charge in [-0.15, -0.1) is 0 Å². The average Bonchev–Trinajstić information content (AvgIpc) is 2.41. The van der Waals surface area contributed by atoms with E-state index in [-0.39, 0.29) is 17.7 Å². The van der Waals surface area contributed by atoms with E-state index in [1.807, 2.05) is 6.92 Å². The van der Waals surface area contributed by atoms with Crippen molar-refractivity contribution in [3.63, 3.8) is 0 Å². The van der Waals surface area contributed by atoms with E-state index in [4.69, 9.17) is 0 Å². The number of hydrogen-bond acceptors (Lipinski definition) is 1. The molecule has 0 heterocycles. The minimum Gasteiger partial charge on any atom is -0.310 e. The van der Waals surface area contributed by atoms with Gasteiger partial charge in [-0.1, -0.05) is 39.5 Å². The first-order valence-electron chi connectivity index (χ1n) is 8.10. The van der Waals surface area contributed by atoms with Crippen molar-refractivity contribution in [2.24, 2.45) is 5.92 Å². The van der Waals surface area contributed by atoms with Gasteiger partial charge in [-0.25, -0.2) is 8.78 Å². The fraction of sp³-hybridized carbons (Fsp3) is 0.667. The third kappa shape index (κ3) is 6.56. The Balaban J connectivity index is 2.28. The van der Waals surface area contributed by atoms with E-state index in [1.54, 1.807) is 6.92 Å². The van der Waals surface area contributed by atoms with Gasteiger partial charge in [0.15, 0.2) is 0 Å². The van der Waals surface area contributed by atoms with Crippen LogP contribution in [0, 0.1) is 24.5 Å². The molecule has 1 N–H and O–H groups in total. The van der Waals surface area contributed by atoms with Crippen molar-refractivity contribution < 1.29 is 8.78 Å². The fourth-order valence-electron chi connectivity index (χ4n) is 2.45. The summed E-state index contributed by atoms with van der Waals surface area (Å²) in [5.74, 6) is 0.113. The van der Waals surface area contributed by atoms with Gasteiger partial charge in [-0.3, -0.25) is 0 Å². The molecule has 1 rings (SSSR count).